The van der Waals surface area contributed by atoms with Crippen molar-refractivity contribution in [3.8, 4) is 22.7 Å². The molecule has 0 aliphatic heterocycles. The molecular weight excluding hydrogens is 671 g/mol. The highest BCUT2D eigenvalue weighted by Crippen LogP contribution is 2.48. The van der Waals surface area contributed by atoms with E-state index in [0.717, 1.165) is 31.2 Å². The Hall–Kier alpha value is -4.22. The Morgan fingerprint density at radius 3 is 2.30 bits per heavy atom. The van der Waals surface area contributed by atoms with Crippen LogP contribution in [0.5, 0.6) is 5.75 Å². The number of benzene rings is 2. The van der Waals surface area contributed by atoms with Gasteiger partial charge in [-0.25, -0.2) is 22.5 Å². The number of aryl methyl sites for hydroxylation is 1. The molecule has 0 saturated carbocycles. The normalized spacial score (nSPS) is 19.2. The lowest BCUT2D eigenvalue weighted by molar-refractivity contribution is -0.274. The van der Waals surface area contributed by atoms with E-state index in [1.54, 1.807) is 6.07 Å². The highest BCUT2D eigenvalue weighted by molar-refractivity contribution is 7.94. The summed E-state index contributed by atoms with van der Waals surface area (Å²) in [6.07, 6.45) is -5.85. The van der Waals surface area contributed by atoms with Crippen LogP contribution in [0.15, 0.2) is 77.6 Å². The molecule has 0 bridgehead atoms. The molecule has 2 aromatic carbocycles. The van der Waals surface area contributed by atoms with Crippen LogP contribution < -0.4 is 4.74 Å². The molecule has 0 amide bonds. The summed E-state index contributed by atoms with van der Waals surface area (Å²) in [7, 11) is -4.41. The van der Waals surface area contributed by atoms with Crippen LogP contribution in [0.2, 0.25) is 5.15 Å². The molecule has 0 fully saturated rings. The molecule has 2 heterocycles. The molecule has 46 heavy (non-hydrogen) atoms. The Morgan fingerprint density at radius 1 is 1.07 bits per heavy atom. The standard InChI is InChI=1S/C28H21ClF7N5O4S/c1-15-38-24(27(31,32)33)25(29)40(15)26(14-42)22(30)11-18(12-23(26)46(2,43)44)17-4-3-5-19(10-17)41-21(13-37-39-41)16-6-8-20(9-7-16)45-28(34,35)36/h3-13,18,42H,14H2,1-2H3. The Labute approximate surface area is 261 Å². The van der Waals surface area contributed by atoms with Crippen molar-refractivity contribution >= 4 is 21.4 Å². The number of alkyl halides is 6. The maximum absolute atomic E-state index is 16.3. The Balaban J connectivity index is 1.58. The van der Waals surface area contributed by atoms with E-state index >= 15 is 4.39 Å². The maximum atomic E-state index is 16.3. The average molecular weight is 692 g/mol. The molecule has 1 N–H and O–H groups in total. The first-order valence-corrected chi connectivity index (χ1v) is 15.2. The number of sulfone groups is 1. The third kappa shape index (κ3) is 6.01. The fourth-order valence-corrected chi connectivity index (χ4v) is 6.95. The van der Waals surface area contributed by atoms with Crippen LogP contribution in [0.25, 0.3) is 16.9 Å². The molecule has 18 heteroatoms. The number of imidazole rings is 1. The van der Waals surface area contributed by atoms with Gasteiger partial charge in [0.2, 0.25) is 0 Å². The predicted molar refractivity (Wildman–Crippen MR) is 150 cm³/mol. The summed E-state index contributed by atoms with van der Waals surface area (Å²) >= 11 is 6.01. The van der Waals surface area contributed by atoms with Gasteiger partial charge in [-0.05, 0) is 55.0 Å². The smallest absolute Gasteiger partial charge is 0.406 e. The molecule has 244 valence electrons. The second-order valence-electron chi connectivity index (χ2n) is 10.2. The van der Waals surface area contributed by atoms with Crippen LogP contribution >= 0.6 is 11.6 Å². The first kappa shape index (κ1) is 33.2. The number of aliphatic hydroxyl groups is 1. The number of halogens is 8. The molecule has 0 saturated heterocycles. The van der Waals surface area contributed by atoms with Gasteiger partial charge in [0.05, 0.1) is 29.1 Å². The van der Waals surface area contributed by atoms with Gasteiger partial charge in [0.15, 0.2) is 21.1 Å². The molecule has 2 atom stereocenters. The average Bonchev–Trinajstić information content (AvgIpc) is 3.57. The van der Waals surface area contributed by atoms with Crippen LogP contribution in [-0.4, -0.2) is 57.3 Å². The van der Waals surface area contributed by atoms with E-state index in [0.29, 0.717) is 33.3 Å². The van der Waals surface area contributed by atoms with Gasteiger partial charge in [0.25, 0.3) is 0 Å². The van der Waals surface area contributed by atoms with Crippen molar-refractivity contribution in [2.45, 2.75) is 30.9 Å². The van der Waals surface area contributed by atoms with Gasteiger partial charge in [-0.2, -0.15) is 13.2 Å². The van der Waals surface area contributed by atoms with E-state index in [1.165, 1.54) is 41.2 Å². The number of hydrogen-bond donors (Lipinski definition) is 1. The number of nitrogens with zero attached hydrogens (tertiary/aromatic N) is 5. The van der Waals surface area contributed by atoms with Crippen LogP contribution in [0.1, 0.15) is 23.0 Å². The lowest BCUT2D eigenvalue weighted by Gasteiger charge is -2.38. The summed E-state index contributed by atoms with van der Waals surface area (Å²) in [4.78, 5) is 2.62. The molecule has 9 nitrogen and oxygen atoms in total. The zero-order valence-corrected chi connectivity index (χ0v) is 25.0. The number of ether oxygens (including phenoxy) is 1. The fraction of sp³-hybridized carbons (Fsp3) is 0.250. The molecule has 0 radical (unpaired) electrons. The first-order chi connectivity index (χ1) is 21.4. The van der Waals surface area contributed by atoms with E-state index in [2.05, 4.69) is 20.0 Å². The summed E-state index contributed by atoms with van der Waals surface area (Å²) in [6, 6.07) is 11.1. The highest BCUT2D eigenvalue weighted by Gasteiger charge is 2.52. The Morgan fingerprint density at radius 2 is 1.74 bits per heavy atom. The number of allylic oxidation sites excluding steroid dienone is 2. The van der Waals surface area contributed by atoms with E-state index in [4.69, 9.17) is 11.6 Å². The lowest BCUT2D eigenvalue weighted by Crippen LogP contribution is -2.45. The molecule has 1 aliphatic rings. The Bertz CT molecular complexity index is 1970. The van der Waals surface area contributed by atoms with Crippen molar-refractivity contribution in [3.05, 3.63) is 99.8 Å². The molecule has 2 aromatic heterocycles. The number of hydrogen-bond acceptors (Lipinski definition) is 7. The molecular formula is C28H21ClF7N5O4S. The maximum Gasteiger partial charge on any atom is 0.573 e. The first-order valence-electron chi connectivity index (χ1n) is 13.0. The summed E-state index contributed by atoms with van der Waals surface area (Å²) in [5.74, 6) is -3.36. The predicted octanol–water partition coefficient (Wildman–Crippen LogP) is 6.28. The van der Waals surface area contributed by atoms with Crippen LogP contribution in [0.3, 0.4) is 0 Å². The second-order valence-corrected chi connectivity index (χ2v) is 12.5. The minimum atomic E-state index is -5.06. The van der Waals surface area contributed by atoms with Crippen LogP contribution in [0.4, 0.5) is 30.7 Å². The SMILES string of the molecule is Cc1nc(C(F)(F)F)c(Cl)n1C1(CO)C(F)=CC(c2cccc(-n3nncc3-c3ccc(OC(F)(F)F)cc3)c2)C=C1S(C)(=O)=O. The van der Waals surface area contributed by atoms with Crippen molar-refractivity contribution in [1.29, 1.82) is 0 Å². The van der Waals surface area contributed by atoms with Gasteiger partial charge in [-0.15, -0.1) is 18.3 Å². The third-order valence-corrected chi connectivity index (χ3v) is 8.78. The zero-order chi connectivity index (χ0) is 33.8. The minimum absolute atomic E-state index is 0.306. The van der Waals surface area contributed by atoms with E-state index < -0.39 is 73.6 Å². The fourth-order valence-electron chi connectivity index (χ4n) is 5.27. The molecule has 4 aromatic rings. The van der Waals surface area contributed by atoms with Gasteiger partial charge in [-0.3, -0.25) is 4.57 Å². The van der Waals surface area contributed by atoms with Gasteiger partial charge in [-0.1, -0.05) is 35.0 Å². The van der Waals surface area contributed by atoms with Gasteiger partial charge >= 0.3 is 12.5 Å². The number of aliphatic hydroxyl groups excluding tert-OH is 1. The van der Waals surface area contributed by atoms with Crippen LogP contribution in [-0.2, 0) is 21.6 Å². The third-order valence-electron chi connectivity index (χ3n) is 7.16. The van der Waals surface area contributed by atoms with Crippen LogP contribution in [0, 0.1) is 6.92 Å². The zero-order valence-electron chi connectivity index (χ0n) is 23.5. The van der Waals surface area contributed by atoms with E-state index in [-0.39, 0.29) is 0 Å². The van der Waals surface area contributed by atoms with Crippen molar-refractivity contribution in [1.82, 2.24) is 24.5 Å². The molecule has 2 unspecified atom stereocenters. The highest BCUT2D eigenvalue weighted by atomic mass is 35.5. The Kier molecular flexibility index (Phi) is 8.32. The van der Waals surface area contributed by atoms with Gasteiger partial charge < -0.3 is 9.84 Å². The summed E-state index contributed by atoms with van der Waals surface area (Å²) in [5.41, 5.74) is -2.86. The van der Waals surface area contributed by atoms with Crippen molar-refractivity contribution in [3.63, 3.8) is 0 Å². The number of rotatable bonds is 7. The van der Waals surface area contributed by atoms with Crippen molar-refractivity contribution in [2.24, 2.45) is 0 Å². The monoisotopic (exact) mass is 691 g/mol. The second kappa shape index (κ2) is 11.5. The minimum Gasteiger partial charge on any atom is -0.406 e. The van der Waals surface area contributed by atoms with E-state index in [1.807, 2.05) is 0 Å². The van der Waals surface area contributed by atoms with E-state index in [9.17, 15) is 39.9 Å². The topological polar surface area (TPSA) is 112 Å². The van der Waals surface area contributed by atoms with Crippen molar-refractivity contribution in [2.75, 3.05) is 12.9 Å². The molecule has 1 aliphatic carbocycles. The summed E-state index contributed by atoms with van der Waals surface area (Å²) in [5, 5.41) is 17.2. The lowest BCUT2D eigenvalue weighted by atomic mass is 9.84. The largest absolute Gasteiger partial charge is 0.573 e. The summed E-state index contributed by atoms with van der Waals surface area (Å²) < 4.78 is 127. The molecule has 5 rings (SSSR count). The van der Waals surface area contributed by atoms with Crippen molar-refractivity contribution < 1.29 is 49.0 Å². The summed E-state index contributed by atoms with van der Waals surface area (Å²) in [6.45, 7) is -0.252. The van der Waals surface area contributed by atoms with Gasteiger partial charge in [0.1, 0.15) is 22.6 Å². The van der Waals surface area contributed by atoms with Gasteiger partial charge in [0, 0.05) is 17.7 Å². The quantitative estimate of drug-likeness (QED) is 0.227. The number of aromatic nitrogens is 5. The molecule has 0 spiro atoms.